The SMILES string of the molecule is CC(C)(C)c1nnc(C(C)(C)S)o1. The summed E-state index contributed by atoms with van der Waals surface area (Å²) in [4.78, 5) is 0. The highest BCUT2D eigenvalue weighted by Gasteiger charge is 2.27. The molecule has 0 spiro atoms. The van der Waals surface area contributed by atoms with Gasteiger partial charge in [-0.25, -0.2) is 0 Å². The summed E-state index contributed by atoms with van der Waals surface area (Å²) in [5, 5.41) is 7.95. The Bertz CT molecular complexity index is 265. The minimum absolute atomic E-state index is 0.0930. The number of hydrogen-bond donors (Lipinski definition) is 1. The first-order valence-corrected chi connectivity index (χ1v) is 4.73. The summed E-state index contributed by atoms with van der Waals surface area (Å²) in [7, 11) is 0. The van der Waals surface area contributed by atoms with Crippen molar-refractivity contribution in [3.8, 4) is 0 Å². The molecule has 0 N–H and O–H groups in total. The minimum atomic E-state index is -0.365. The molecular formula is C9H16N2OS. The Hall–Kier alpha value is -0.510. The van der Waals surface area contributed by atoms with Crippen molar-refractivity contribution >= 4 is 12.6 Å². The number of rotatable bonds is 1. The molecule has 1 aromatic rings. The van der Waals surface area contributed by atoms with Gasteiger partial charge in [0.05, 0.1) is 4.75 Å². The van der Waals surface area contributed by atoms with Crippen LogP contribution < -0.4 is 0 Å². The lowest BCUT2D eigenvalue weighted by molar-refractivity contribution is 0.357. The Labute approximate surface area is 84.3 Å². The van der Waals surface area contributed by atoms with Gasteiger partial charge in [0.2, 0.25) is 11.8 Å². The average molecular weight is 200 g/mol. The van der Waals surface area contributed by atoms with Crippen LogP contribution in [-0.4, -0.2) is 10.2 Å². The highest BCUT2D eigenvalue weighted by Crippen LogP contribution is 2.28. The molecule has 0 radical (unpaired) electrons. The molecule has 0 aliphatic carbocycles. The molecule has 4 heteroatoms. The molecule has 1 aromatic heterocycles. The summed E-state index contributed by atoms with van der Waals surface area (Å²) >= 11 is 4.36. The van der Waals surface area contributed by atoms with Gasteiger partial charge in [0.25, 0.3) is 0 Å². The zero-order valence-electron chi connectivity index (χ0n) is 8.75. The van der Waals surface area contributed by atoms with Crippen LogP contribution in [0.1, 0.15) is 46.4 Å². The Kier molecular flexibility index (Phi) is 2.45. The Morgan fingerprint density at radius 1 is 1.00 bits per heavy atom. The van der Waals surface area contributed by atoms with Crippen molar-refractivity contribution in [3.63, 3.8) is 0 Å². The third-order valence-corrected chi connectivity index (χ3v) is 1.78. The highest BCUT2D eigenvalue weighted by atomic mass is 32.1. The molecule has 13 heavy (non-hydrogen) atoms. The van der Waals surface area contributed by atoms with E-state index in [1.807, 2.05) is 34.6 Å². The second-order valence-corrected chi connectivity index (χ2v) is 5.84. The number of thiol groups is 1. The second-order valence-electron chi connectivity index (χ2n) is 4.72. The van der Waals surface area contributed by atoms with Gasteiger partial charge in [-0.3, -0.25) is 0 Å². The molecule has 1 heterocycles. The maximum absolute atomic E-state index is 5.51. The zero-order valence-corrected chi connectivity index (χ0v) is 9.64. The molecule has 3 nitrogen and oxygen atoms in total. The van der Waals surface area contributed by atoms with Gasteiger partial charge in [0.15, 0.2) is 0 Å². The lowest BCUT2D eigenvalue weighted by Gasteiger charge is -2.13. The van der Waals surface area contributed by atoms with E-state index >= 15 is 0 Å². The summed E-state index contributed by atoms with van der Waals surface area (Å²) in [6.45, 7) is 9.97. The predicted octanol–water partition coefficient (Wildman–Crippen LogP) is 2.53. The maximum Gasteiger partial charge on any atom is 0.231 e. The molecule has 0 saturated carbocycles. The molecular weight excluding hydrogens is 184 g/mol. The van der Waals surface area contributed by atoms with Gasteiger partial charge < -0.3 is 4.42 Å². The van der Waals surface area contributed by atoms with E-state index < -0.39 is 0 Å². The average Bonchev–Trinajstić information content (AvgIpc) is 2.28. The number of aromatic nitrogens is 2. The van der Waals surface area contributed by atoms with Gasteiger partial charge in [-0.1, -0.05) is 20.8 Å². The molecule has 0 atom stereocenters. The first-order valence-electron chi connectivity index (χ1n) is 4.28. The first-order chi connectivity index (χ1) is 5.71. The van der Waals surface area contributed by atoms with Crippen molar-refractivity contribution < 1.29 is 4.42 Å². The standard InChI is InChI=1S/C9H16N2OS/c1-8(2,3)6-10-11-7(12-6)9(4,5)13/h13H,1-5H3. The minimum Gasteiger partial charge on any atom is -0.423 e. The van der Waals surface area contributed by atoms with Crippen LogP contribution in [0.2, 0.25) is 0 Å². The summed E-state index contributed by atoms with van der Waals surface area (Å²) < 4.78 is 5.15. The molecule has 0 saturated heterocycles. The van der Waals surface area contributed by atoms with Crippen LogP contribution in [0, 0.1) is 0 Å². The molecule has 0 amide bonds. The summed E-state index contributed by atoms with van der Waals surface area (Å²) in [5.74, 6) is 1.23. The number of nitrogens with zero attached hydrogens (tertiary/aromatic N) is 2. The van der Waals surface area contributed by atoms with Crippen LogP contribution in [0.25, 0.3) is 0 Å². The van der Waals surface area contributed by atoms with Crippen LogP contribution in [0.15, 0.2) is 4.42 Å². The van der Waals surface area contributed by atoms with E-state index in [-0.39, 0.29) is 10.2 Å². The topological polar surface area (TPSA) is 38.9 Å². The molecule has 0 fully saturated rings. The zero-order chi connectivity index (χ0) is 10.3. The molecule has 1 rings (SSSR count). The Morgan fingerprint density at radius 3 is 1.69 bits per heavy atom. The lowest BCUT2D eigenvalue weighted by Crippen LogP contribution is -2.11. The van der Waals surface area contributed by atoms with E-state index in [0.717, 1.165) is 0 Å². The van der Waals surface area contributed by atoms with E-state index in [9.17, 15) is 0 Å². The van der Waals surface area contributed by atoms with Crippen molar-refractivity contribution in [2.45, 2.75) is 44.8 Å². The summed E-state index contributed by atoms with van der Waals surface area (Å²) in [5.41, 5.74) is -0.0930. The van der Waals surface area contributed by atoms with Crippen LogP contribution in [0.4, 0.5) is 0 Å². The van der Waals surface area contributed by atoms with Crippen LogP contribution >= 0.6 is 12.6 Å². The van der Waals surface area contributed by atoms with Gasteiger partial charge in [-0.05, 0) is 13.8 Å². The van der Waals surface area contributed by atoms with E-state index in [4.69, 9.17) is 4.42 Å². The molecule has 74 valence electrons. The van der Waals surface area contributed by atoms with Gasteiger partial charge in [-0.2, -0.15) is 12.6 Å². The highest BCUT2D eigenvalue weighted by molar-refractivity contribution is 7.81. The van der Waals surface area contributed by atoms with Gasteiger partial charge in [0, 0.05) is 5.41 Å². The van der Waals surface area contributed by atoms with Crippen molar-refractivity contribution in [2.75, 3.05) is 0 Å². The molecule has 0 aliphatic rings. The van der Waals surface area contributed by atoms with Crippen molar-refractivity contribution in [1.82, 2.24) is 10.2 Å². The Balaban J connectivity index is 3.01. The number of hydrogen-bond acceptors (Lipinski definition) is 4. The Morgan fingerprint density at radius 2 is 1.46 bits per heavy atom. The molecule has 0 aromatic carbocycles. The van der Waals surface area contributed by atoms with E-state index in [2.05, 4.69) is 22.8 Å². The second kappa shape index (κ2) is 3.01. The molecule has 0 bridgehead atoms. The lowest BCUT2D eigenvalue weighted by atomic mass is 9.97. The van der Waals surface area contributed by atoms with Crippen LogP contribution in [-0.2, 0) is 10.2 Å². The van der Waals surface area contributed by atoms with Gasteiger partial charge in [-0.15, -0.1) is 10.2 Å². The van der Waals surface area contributed by atoms with Crippen LogP contribution in [0.3, 0.4) is 0 Å². The van der Waals surface area contributed by atoms with Gasteiger partial charge in [0.1, 0.15) is 0 Å². The molecule has 0 unspecified atom stereocenters. The predicted molar refractivity (Wildman–Crippen MR) is 55.0 cm³/mol. The fraction of sp³-hybridized carbons (Fsp3) is 0.778. The van der Waals surface area contributed by atoms with Crippen molar-refractivity contribution in [2.24, 2.45) is 0 Å². The van der Waals surface area contributed by atoms with Crippen LogP contribution in [0.5, 0.6) is 0 Å². The van der Waals surface area contributed by atoms with E-state index in [1.54, 1.807) is 0 Å². The summed E-state index contributed by atoms with van der Waals surface area (Å²) in [6.07, 6.45) is 0. The fourth-order valence-electron chi connectivity index (χ4n) is 0.774. The normalized spacial score (nSPS) is 13.4. The first kappa shape index (κ1) is 10.6. The monoisotopic (exact) mass is 200 g/mol. The van der Waals surface area contributed by atoms with Gasteiger partial charge >= 0.3 is 0 Å². The summed E-state index contributed by atoms with van der Waals surface area (Å²) in [6, 6.07) is 0. The largest absolute Gasteiger partial charge is 0.423 e. The fourth-order valence-corrected chi connectivity index (χ4v) is 0.864. The quantitative estimate of drug-likeness (QED) is 0.708. The third-order valence-electron chi connectivity index (χ3n) is 1.59. The smallest absolute Gasteiger partial charge is 0.231 e. The molecule has 0 aliphatic heterocycles. The maximum atomic E-state index is 5.51. The van der Waals surface area contributed by atoms with Crippen molar-refractivity contribution in [1.29, 1.82) is 0 Å². The third kappa shape index (κ3) is 2.46. The van der Waals surface area contributed by atoms with Crippen molar-refractivity contribution in [3.05, 3.63) is 11.8 Å². The van der Waals surface area contributed by atoms with E-state index in [0.29, 0.717) is 11.8 Å². The van der Waals surface area contributed by atoms with E-state index in [1.165, 1.54) is 0 Å².